The lowest BCUT2D eigenvalue weighted by molar-refractivity contribution is 0.167. The average molecular weight is 205 g/mol. The molecule has 0 aliphatic carbocycles. The summed E-state index contributed by atoms with van der Waals surface area (Å²) in [6.45, 7) is 4.29. The molecule has 0 radical (unpaired) electrons. The number of carbonyl (C=O) groups excluding carboxylic acids is 1. The van der Waals surface area contributed by atoms with Crippen molar-refractivity contribution in [1.82, 2.24) is 0 Å². The summed E-state index contributed by atoms with van der Waals surface area (Å²) in [5.41, 5.74) is 0.282. The van der Waals surface area contributed by atoms with E-state index in [2.05, 4.69) is 4.74 Å². The summed E-state index contributed by atoms with van der Waals surface area (Å²) in [6.07, 6.45) is 0. The highest BCUT2D eigenvalue weighted by Gasteiger charge is 2.04. The molecule has 0 N–H and O–H groups in total. The maximum absolute atomic E-state index is 10.3. The fraction of sp³-hybridized carbons (Fsp3) is 0.375. The standard InChI is InChI=1S/C8H9ClO2S/c1-5-3-7(6(2)12-5)4-11-8(9)10/h3H,4H2,1-2H3. The molecule has 1 rings (SSSR count). The second-order valence-corrected chi connectivity index (χ2v) is 4.23. The van der Waals surface area contributed by atoms with Crippen molar-refractivity contribution >= 4 is 28.4 Å². The molecule has 0 aliphatic rings. The Morgan fingerprint density at radius 2 is 2.33 bits per heavy atom. The minimum Gasteiger partial charge on any atom is -0.449 e. The van der Waals surface area contributed by atoms with Gasteiger partial charge in [0.2, 0.25) is 0 Å². The summed E-state index contributed by atoms with van der Waals surface area (Å²) >= 11 is 6.72. The van der Waals surface area contributed by atoms with Crippen molar-refractivity contribution in [3.63, 3.8) is 0 Å². The van der Waals surface area contributed by atoms with Crippen LogP contribution in [-0.4, -0.2) is 5.43 Å². The van der Waals surface area contributed by atoms with Gasteiger partial charge >= 0.3 is 5.43 Å². The third-order valence-corrected chi connectivity index (χ3v) is 2.60. The number of aryl methyl sites for hydroxylation is 2. The second-order valence-electron chi connectivity index (χ2n) is 2.46. The SMILES string of the molecule is Cc1cc(COC(=O)Cl)c(C)s1. The van der Waals surface area contributed by atoms with E-state index >= 15 is 0 Å². The average Bonchev–Trinajstić information content (AvgIpc) is 2.26. The van der Waals surface area contributed by atoms with Gasteiger partial charge in [0.15, 0.2) is 0 Å². The normalized spacial score (nSPS) is 9.92. The van der Waals surface area contributed by atoms with Gasteiger partial charge in [-0.15, -0.1) is 11.3 Å². The zero-order valence-corrected chi connectivity index (χ0v) is 8.46. The topological polar surface area (TPSA) is 26.3 Å². The molecule has 0 bridgehead atoms. The van der Waals surface area contributed by atoms with Gasteiger partial charge in [-0.25, -0.2) is 4.79 Å². The van der Waals surface area contributed by atoms with Crippen molar-refractivity contribution in [2.75, 3.05) is 0 Å². The maximum atomic E-state index is 10.3. The molecule has 12 heavy (non-hydrogen) atoms. The summed E-state index contributed by atoms with van der Waals surface area (Å²) < 4.78 is 4.66. The molecular formula is C8H9ClO2S. The van der Waals surface area contributed by atoms with E-state index in [9.17, 15) is 4.79 Å². The number of rotatable bonds is 2. The van der Waals surface area contributed by atoms with E-state index in [1.54, 1.807) is 11.3 Å². The Kier molecular flexibility index (Phi) is 3.12. The maximum Gasteiger partial charge on any atom is 0.404 e. The molecule has 2 nitrogen and oxygen atoms in total. The Morgan fingerprint density at radius 1 is 1.67 bits per heavy atom. The Bertz CT molecular complexity index is 293. The molecule has 0 saturated heterocycles. The predicted molar refractivity (Wildman–Crippen MR) is 49.8 cm³/mol. The van der Waals surface area contributed by atoms with Gasteiger partial charge in [0.05, 0.1) is 0 Å². The Labute approximate surface area is 80.1 Å². The van der Waals surface area contributed by atoms with Crippen LogP contribution < -0.4 is 0 Å². The lowest BCUT2D eigenvalue weighted by Crippen LogP contribution is -1.94. The highest BCUT2D eigenvalue weighted by molar-refractivity contribution is 7.12. The number of ether oxygens (including phenoxy) is 1. The first-order chi connectivity index (χ1) is 5.59. The Balaban J connectivity index is 2.62. The van der Waals surface area contributed by atoms with Crippen LogP contribution in [0.15, 0.2) is 6.07 Å². The summed E-state index contributed by atoms with van der Waals surface area (Å²) in [4.78, 5) is 12.7. The quantitative estimate of drug-likeness (QED) is 0.692. The van der Waals surface area contributed by atoms with E-state index in [1.165, 1.54) is 9.75 Å². The van der Waals surface area contributed by atoms with Gasteiger partial charge in [-0.2, -0.15) is 0 Å². The number of thiophene rings is 1. The molecule has 0 spiro atoms. The van der Waals surface area contributed by atoms with Crippen LogP contribution >= 0.6 is 22.9 Å². The molecule has 0 unspecified atom stereocenters. The third kappa shape index (κ3) is 2.50. The van der Waals surface area contributed by atoms with Crippen LogP contribution in [0.3, 0.4) is 0 Å². The molecule has 4 heteroatoms. The van der Waals surface area contributed by atoms with Crippen molar-refractivity contribution in [3.8, 4) is 0 Å². The van der Waals surface area contributed by atoms with Crippen molar-refractivity contribution < 1.29 is 9.53 Å². The van der Waals surface area contributed by atoms with Crippen LogP contribution in [0.2, 0.25) is 0 Å². The summed E-state index contributed by atoms with van der Waals surface area (Å²) in [5, 5.41) is 0. The summed E-state index contributed by atoms with van der Waals surface area (Å²) in [5.74, 6) is 0. The molecular weight excluding hydrogens is 196 g/mol. The number of carbonyl (C=O) groups is 1. The number of halogens is 1. The Morgan fingerprint density at radius 3 is 2.75 bits per heavy atom. The molecule has 0 saturated carbocycles. The third-order valence-electron chi connectivity index (χ3n) is 1.48. The van der Waals surface area contributed by atoms with E-state index in [0.717, 1.165) is 5.56 Å². The van der Waals surface area contributed by atoms with Crippen LogP contribution in [0, 0.1) is 13.8 Å². The molecule has 1 heterocycles. The molecule has 0 fully saturated rings. The largest absolute Gasteiger partial charge is 0.449 e. The highest BCUT2D eigenvalue weighted by Crippen LogP contribution is 2.21. The van der Waals surface area contributed by atoms with Crippen LogP contribution in [0.1, 0.15) is 15.3 Å². The van der Waals surface area contributed by atoms with E-state index in [4.69, 9.17) is 11.6 Å². The van der Waals surface area contributed by atoms with Gasteiger partial charge in [-0.1, -0.05) is 0 Å². The van der Waals surface area contributed by atoms with Crippen LogP contribution in [0.4, 0.5) is 4.79 Å². The first-order valence-electron chi connectivity index (χ1n) is 3.48. The Hall–Kier alpha value is -0.540. The smallest absolute Gasteiger partial charge is 0.404 e. The first kappa shape index (κ1) is 9.55. The summed E-state index contributed by atoms with van der Waals surface area (Å²) in [7, 11) is 0. The minimum atomic E-state index is -0.752. The monoisotopic (exact) mass is 204 g/mol. The van der Waals surface area contributed by atoms with Crippen molar-refractivity contribution in [1.29, 1.82) is 0 Å². The number of hydrogen-bond acceptors (Lipinski definition) is 3. The first-order valence-corrected chi connectivity index (χ1v) is 4.67. The van der Waals surface area contributed by atoms with Crippen molar-refractivity contribution in [3.05, 3.63) is 21.4 Å². The predicted octanol–water partition coefficient (Wildman–Crippen LogP) is 3.24. The number of hydrogen-bond donors (Lipinski definition) is 0. The lowest BCUT2D eigenvalue weighted by atomic mass is 10.3. The molecule has 1 aromatic heterocycles. The fourth-order valence-corrected chi connectivity index (χ4v) is 1.95. The molecule has 66 valence electrons. The van der Waals surface area contributed by atoms with Crippen LogP contribution in [0.25, 0.3) is 0 Å². The van der Waals surface area contributed by atoms with Gasteiger partial charge < -0.3 is 4.74 Å². The van der Waals surface area contributed by atoms with Gasteiger partial charge in [0.25, 0.3) is 0 Å². The molecule has 0 atom stereocenters. The van der Waals surface area contributed by atoms with E-state index in [-0.39, 0.29) is 6.61 Å². The van der Waals surface area contributed by atoms with Gasteiger partial charge in [-0.3, -0.25) is 0 Å². The zero-order chi connectivity index (χ0) is 9.14. The van der Waals surface area contributed by atoms with Crippen LogP contribution in [-0.2, 0) is 11.3 Å². The van der Waals surface area contributed by atoms with Crippen molar-refractivity contribution in [2.45, 2.75) is 20.5 Å². The van der Waals surface area contributed by atoms with Gasteiger partial charge in [0, 0.05) is 26.9 Å². The van der Waals surface area contributed by atoms with E-state index in [0.29, 0.717) is 0 Å². The molecule has 0 aromatic carbocycles. The fourth-order valence-electron chi connectivity index (χ4n) is 0.961. The minimum absolute atomic E-state index is 0.276. The highest BCUT2D eigenvalue weighted by atomic mass is 35.5. The zero-order valence-electron chi connectivity index (χ0n) is 6.89. The summed E-state index contributed by atoms with van der Waals surface area (Å²) in [6, 6.07) is 2.00. The molecule has 1 aromatic rings. The second kappa shape index (κ2) is 3.92. The van der Waals surface area contributed by atoms with E-state index < -0.39 is 5.43 Å². The van der Waals surface area contributed by atoms with Crippen LogP contribution in [0.5, 0.6) is 0 Å². The molecule has 0 amide bonds. The van der Waals surface area contributed by atoms with Gasteiger partial charge in [-0.05, 0) is 19.9 Å². The molecule has 0 aliphatic heterocycles. The lowest BCUT2D eigenvalue weighted by Gasteiger charge is -1.97. The van der Waals surface area contributed by atoms with Crippen molar-refractivity contribution in [2.24, 2.45) is 0 Å². The van der Waals surface area contributed by atoms with Gasteiger partial charge in [0.1, 0.15) is 6.61 Å². The van der Waals surface area contributed by atoms with E-state index in [1.807, 2.05) is 19.9 Å².